The minimum Gasteiger partial charge on any atom is -0.342 e. The molecule has 108 valence electrons. The van der Waals surface area contributed by atoms with E-state index in [0.29, 0.717) is 5.91 Å². The maximum Gasteiger partial charge on any atom is 0.222 e. The third-order valence-electron chi connectivity index (χ3n) is 5.26. The highest BCUT2D eigenvalue weighted by Crippen LogP contribution is 2.34. The van der Waals surface area contributed by atoms with Crippen molar-refractivity contribution in [2.24, 2.45) is 11.8 Å². The summed E-state index contributed by atoms with van der Waals surface area (Å²) in [5, 5.41) is 0. The lowest BCUT2D eigenvalue weighted by molar-refractivity contribution is -0.135. The van der Waals surface area contributed by atoms with E-state index in [1.807, 2.05) is 0 Å². The normalized spacial score (nSPS) is 31.7. The number of hydrogen-bond donors (Lipinski definition) is 0. The van der Waals surface area contributed by atoms with Crippen molar-refractivity contribution in [3.8, 4) is 0 Å². The Morgan fingerprint density at radius 1 is 1.00 bits per heavy atom. The van der Waals surface area contributed by atoms with Crippen molar-refractivity contribution in [2.45, 2.75) is 51.4 Å². The average molecular weight is 264 g/mol. The molecule has 2 heterocycles. The second-order valence-electron chi connectivity index (χ2n) is 6.85. The van der Waals surface area contributed by atoms with Crippen molar-refractivity contribution in [1.82, 2.24) is 9.80 Å². The smallest absolute Gasteiger partial charge is 0.222 e. The Morgan fingerprint density at radius 2 is 1.68 bits per heavy atom. The Labute approximate surface area is 117 Å². The summed E-state index contributed by atoms with van der Waals surface area (Å²) in [6.45, 7) is 5.74. The first-order valence-corrected chi connectivity index (χ1v) is 8.31. The van der Waals surface area contributed by atoms with Crippen LogP contribution in [0.4, 0.5) is 0 Å². The van der Waals surface area contributed by atoms with Gasteiger partial charge in [-0.15, -0.1) is 0 Å². The molecule has 0 spiro atoms. The summed E-state index contributed by atoms with van der Waals surface area (Å²) in [7, 11) is 0. The van der Waals surface area contributed by atoms with Gasteiger partial charge in [-0.3, -0.25) is 4.79 Å². The van der Waals surface area contributed by atoms with Crippen molar-refractivity contribution in [1.29, 1.82) is 0 Å². The number of carbonyl (C=O) groups excluding carboxylic acids is 1. The highest BCUT2D eigenvalue weighted by Gasteiger charge is 2.32. The van der Waals surface area contributed by atoms with Gasteiger partial charge in [0.15, 0.2) is 0 Å². The van der Waals surface area contributed by atoms with Crippen molar-refractivity contribution < 1.29 is 4.79 Å². The molecule has 1 amide bonds. The lowest BCUT2D eigenvalue weighted by atomic mass is 9.78. The van der Waals surface area contributed by atoms with E-state index in [-0.39, 0.29) is 0 Å². The predicted molar refractivity (Wildman–Crippen MR) is 76.9 cm³/mol. The molecule has 0 aromatic carbocycles. The summed E-state index contributed by atoms with van der Waals surface area (Å²) in [6.07, 6.45) is 10.0. The van der Waals surface area contributed by atoms with Crippen molar-refractivity contribution >= 4 is 5.91 Å². The first-order valence-electron chi connectivity index (χ1n) is 8.31. The molecule has 0 unspecified atom stereocenters. The molecule has 1 saturated carbocycles. The number of nitrogens with zero attached hydrogens (tertiary/aromatic N) is 2. The fraction of sp³-hybridized carbons (Fsp3) is 0.938. The van der Waals surface area contributed by atoms with Gasteiger partial charge in [-0.25, -0.2) is 0 Å². The first-order chi connectivity index (χ1) is 9.31. The molecule has 0 N–H and O–H groups in total. The zero-order chi connectivity index (χ0) is 13.1. The number of carbonyl (C=O) groups is 1. The summed E-state index contributed by atoms with van der Waals surface area (Å²) in [6, 6.07) is 0. The highest BCUT2D eigenvalue weighted by molar-refractivity contribution is 5.76. The summed E-state index contributed by atoms with van der Waals surface area (Å²) in [5.41, 5.74) is 0. The van der Waals surface area contributed by atoms with E-state index in [1.54, 1.807) is 0 Å². The van der Waals surface area contributed by atoms with E-state index >= 15 is 0 Å². The lowest BCUT2D eigenvalue weighted by Crippen LogP contribution is -2.45. The Bertz CT molecular complexity index is 300. The van der Waals surface area contributed by atoms with Crippen LogP contribution in [0.5, 0.6) is 0 Å². The van der Waals surface area contributed by atoms with Gasteiger partial charge < -0.3 is 9.80 Å². The number of likely N-dealkylation sites (tertiary alicyclic amines) is 2. The Hall–Kier alpha value is -0.570. The largest absolute Gasteiger partial charge is 0.342 e. The van der Waals surface area contributed by atoms with E-state index in [9.17, 15) is 4.79 Å². The molecule has 3 rings (SSSR count). The van der Waals surface area contributed by atoms with E-state index in [0.717, 1.165) is 44.3 Å². The SMILES string of the molecule is O=C(CCCN1CCCC1)N1C[C@H]2CCC[C@@H](C2)C1. The minimum absolute atomic E-state index is 0.427. The van der Waals surface area contributed by atoms with E-state index in [1.165, 1.54) is 51.6 Å². The van der Waals surface area contributed by atoms with Crippen molar-refractivity contribution in [3.63, 3.8) is 0 Å². The van der Waals surface area contributed by atoms with Crippen LogP contribution < -0.4 is 0 Å². The fourth-order valence-electron chi connectivity index (χ4n) is 4.25. The van der Waals surface area contributed by atoms with E-state index < -0.39 is 0 Å². The van der Waals surface area contributed by atoms with Crippen LogP contribution in [0.2, 0.25) is 0 Å². The molecule has 0 radical (unpaired) electrons. The number of piperidine rings is 1. The lowest BCUT2D eigenvalue weighted by Gasteiger charge is -2.41. The molecule has 3 nitrogen and oxygen atoms in total. The molecular formula is C16H28N2O. The number of hydrogen-bond acceptors (Lipinski definition) is 2. The maximum absolute atomic E-state index is 12.3. The van der Waals surface area contributed by atoms with Crippen molar-refractivity contribution in [2.75, 3.05) is 32.7 Å². The molecule has 2 atom stereocenters. The zero-order valence-corrected chi connectivity index (χ0v) is 12.1. The third kappa shape index (κ3) is 3.50. The standard InChI is InChI=1S/C16H28N2O/c19-16(7-4-10-17-8-1-2-9-17)18-12-14-5-3-6-15(11-14)13-18/h14-15H,1-13H2/t14-,15-/m0/s1. The minimum atomic E-state index is 0.427. The molecule has 2 bridgehead atoms. The summed E-state index contributed by atoms with van der Waals surface area (Å²) in [4.78, 5) is 17.0. The number of amides is 1. The summed E-state index contributed by atoms with van der Waals surface area (Å²) >= 11 is 0. The predicted octanol–water partition coefficient (Wildman–Crippen LogP) is 2.51. The molecule has 0 aromatic heterocycles. The maximum atomic E-state index is 12.3. The topological polar surface area (TPSA) is 23.6 Å². The van der Waals surface area contributed by atoms with Crippen LogP contribution in [-0.2, 0) is 4.79 Å². The van der Waals surface area contributed by atoms with E-state index in [2.05, 4.69) is 9.80 Å². The second kappa shape index (κ2) is 6.25. The van der Waals surface area contributed by atoms with Crippen LogP contribution >= 0.6 is 0 Å². The van der Waals surface area contributed by atoms with Crippen LogP contribution in [0.25, 0.3) is 0 Å². The summed E-state index contributed by atoms with van der Waals surface area (Å²) < 4.78 is 0. The van der Waals surface area contributed by atoms with Gasteiger partial charge in [0.2, 0.25) is 5.91 Å². The van der Waals surface area contributed by atoms with Gasteiger partial charge in [0.05, 0.1) is 0 Å². The molecule has 3 aliphatic rings. The van der Waals surface area contributed by atoms with Crippen molar-refractivity contribution in [3.05, 3.63) is 0 Å². The van der Waals surface area contributed by atoms with Gasteiger partial charge in [-0.2, -0.15) is 0 Å². The third-order valence-corrected chi connectivity index (χ3v) is 5.26. The van der Waals surface area contributed by atoms with Gasteiger partial charge in [0, 0.05) is 19.5 Å². The monoisotopic (exact) mass is 264 g/mol. The van der Waals surface area contributed by atoms with Crippen LogP contribution in [0.15, 0.2) is 0 Å². The van der Waals surface area contributed by atoms with Crippen LogP contribution in [0, 0.1) is 11.8 Å². The Morgan fingerprint density at radius 3 is 2.37 bits per heavy atom. The van der Waals surface area contributed by atoms with E-state index in [4.69, 9.17) is 0 Å². The highest BCUT2D eigenvalue weighted by atomic mass is 16.2. The summed E-state index contributed by atoms with van der Waals surface area (Å²) in [5.74, 6) is 2.06. The van der Waals surface area contributed by atoms with Gasteiger partial charge in [-0.1, -0.05) is 6.42 Å². The molecule has 3 fully saturated rings. The Balaban J connectivity index is 1.40. The second-order valence-corrected chi connectivity index (χ2v) is 6.85. The molecular weight excluding hydrogens is 236 g/mol. The zero-order valence-electron chi connectivity index (χ0n) is 12.1. The van der Waals surface area contributed by atoms with Crippen LogP contribution in [0.1, 0.15) is 51.4 Å². The first kappa shape index (κ1) is 13.4. The molecule has 3 heteroatoms. The quantitative estimate of drug-likeness (QED) is 0.779. The van der Waals surface area contributed by atoms with Gasteiger partial charge in [0.25, 0.3) is 0 Å². The average Bonchev–Trinajstić information content (AvgIpc) is 2.91. The Kier molecular flexibility index (Phi) is 4.42. The number of fused-ring (bicyclic) bond motifs is 2. The fourth-order valence-corrected chi connectivity index (χ4v) is 4.25. The van der Waals surface area contributed by atoms with Gasteiger partial charge in [0.1, 0.15) is 0 Å². The van der Waals surface area contributed by atoms with Crippen LogP contribution in [0.3, 0.4) is 0 Å². The molecule has 0 aromatic rings. The number of rotatable bonds is 4. The van der Waals surface area contributed by atoms with Gasteiger partial charge in [-0.05, 0) is 70.0 Å². The molecule has 2 aliphatic heterocycles. The van der Waals surface area contributed by atoms with Crippen LogP contribution in [-0.4, -0.2) is 48.4 Å². The molecule has 2 saturated heterocycles. The molecule has 1 aliphatic carbocycles. The van der Waals surface area contributed by atoms with Gasteiger partial charge >= 0.3 is 0 Å². The molecule has 19 heavy (non-hydrogen) atoms.